The van der Waals surface area contributed by atoms with Gasteiger partial charge in [0.05, 0.1) is 44.1 Å². The Hall–Kier alpha value is -11.2. The summed E-state index contributed by atoms with van der Waals surface area (Å²) in [6.07, 6.45) is 4.08. The quantitative estimate of drug-likeness (QED) is 0.167. The Morgan fingerprint density at radius 2 is 0.585 bits per heavy atom. The lowest BCUT2D eigenvalue weighted by Gasteiger charge is -2.14. The molecule has 0 unspecified atom stereocenters. The lowest BCUT2D eigenvalue weighted by molar-refractivity contribution is 0.772. The van der Waals surface area contributed by atoms with Crippen LogP contribution < -0.4 is 0 Å². The third kappa shape index (κ3) is 9.32. The number of nitrogens with one attached hydrogen (secondary N) is 1. The minimum atomic E-state index is 1.10. The van der Waals surface area contributed by atoms with E-state index in [1.807, 2.05) is 0 Å². The highest BCUT2D eigenvalue weighted by molar-refractivity contribution is 9.10. The van der Waals surface area contributed by atoms with E-state index in [9.17, 15) is 0 Å². The van der Waals surface area contributed by atoms with Crippen LogP contribution in [0.3, 0.4) is 0 Å². The topological polar surface area (TPSA) is 30.6 Å². The highest BCUT2D eigenvalue weighted by Crippen LogP contribution is 2.46. The number of fused-ring (bicyclic) bond motifs is 26. The van der Waals surface area contributed by atoms with Gasteiger partial charge in [-0.3, -0.25) is 0 Å². The SMILES string of the molecule is Brc1ccc(-n2c3ccccc3c3ccccc32)cc1.CCCCC.c1ccc2c(c1)ccc1c2[nH]c2c3ccccc3c3ccccc3c12.c1ccc2c(c1)ccc1c3c4ccccc4c4ccccc4c3n(-c3ccc(-n4c5ccccc5c5ccccc54)cc3)c21. The van der Waals surface area contributed by atoms with E-state index >= 15 is 0 Å². The van der Waals surface area contributed by atoms with Gasteiger partial charge >= 0.3 is 0 Å². The summed E-state index contributed by atoms with van der Waals surface area (Å²) in [4.78, 5) is 3.76. The average molecular weight is 1270 g/mol. The summed E-state index contributed by atoms with van der Waals surface area (Å²) >= 11 is 3.50. The molecule has 0 saturated heterocycles. The fourth-order valence-electron chi connectivity index (χ4n) is 15.1. The summed E-state index contributed by atoms with van der Waals surface area (Å²) in [7, 11) is 0. The third-order valence-electron chi connectivity index (χ3n) is 19.2. The van der Waals surface area contributed by atoms with Gasteiger partial charge in [0.1, 0.15) is 0 Å². The molecule has 0 aliphatic carbocycles. The van der Waals surface area contributed by atoms with Crippen LogP contribution in [0, 0.1) is 0 Å². The molecular formula is C89H65BrN4. The zero-order valence-corrected chi connectivity index (χ0v) is 53.9. The Kier molecular flexibility index (Phi) is 14.3. The molecule has 448 valence electrons. The van der Waals surface area contributed by atoms with Crippen molar-refractivity contribution in [1.82, 2.24) is 18.7 Å². The molecule has 5 heteroatoms. The van der Waals surface area contributed by atoms with E-state index in [1.54, 1.807) is 0 Å². The number of hydrogen-bond donors (Lipinski definition) is 1. The molecule has 0 aliphatic rings. The van der Waals surface area contributed by atoms with Gasteiger partial charge in [0.15, 0.2) is 0 Å². The summed E-state index contributed by atoms with van der Waals surface area (Å²) in [5.74, 6) is 0. The second-order valence-electron chi connectivity index (χ2n) is 24.6. The molecule has 0 atom stereocenters. The molecule has 0 fully saturated rings. The monoisotopic (exact) mass is 1270 g/mol. The van der Waals surface area contributed by atoms with Crippen LogP contribution in [0.1, 0.15) is 33.1 Å². The van der Waals surface area contributed by atoms with Crippen molar-refractivity contribution in [2.24, 2.45) is 0 Å². The molecule has 94 heavy (non-hydrogen) atoms. The molecule has 20 rings (SSSR count). The predicted molar refractivity (Wildman–Crippen MR) is 410 cm³/mol. The summed E-state index contributed by atoms with van der Waals surface area (Å²) < 4.78 is 8.31. The van der Waals surface area contributed by atoms with Crippen LogP contribution in [0.5, 0.6) is 0 Å². The smallest absolute Gasteiger partial charge is 0.0626 e. The maximum Gasteiger partial charge on any atom is 0.0626 e. The van der Waals surface area contributed by atoms with Gasteiger partial charge in [0.2, 0.25) is 0 Å². The molecule has 0 bridgehead atoms. The van der Waals surface area contributed by atoms with Crippen molar-refractivity contribution in [3.63, 3.8) is 0 Å². The first-order chi connectivity index (χ1) is 46.5. The largest absolute Gasteiger partial charge is 0.353 e. The zero-order valence-electron chi connectivity index (χ0n) is 52.4. The van der Waals surface area contributed by atoms with Crippen molar-refractivity contribution < 1.29 is 0 Å². The van der Waals surface area contributed by atoms with Crippen molar-refractivity contribution in [2.75, 3.05) is 0 Å². The van der Waals surface area contributed by atoms with Crippen LogP contribution in [0.15, 0.2) is 320 Å². The van der Waals surface area contributed by atoms with E-state index in [-0.39, 0.29) is 0 Å². The molecule has 4 nitrogen and oxygen atoms in total. The van der Waals surface area contributed by atoms with Crippen LogP contribution in [0.25, 0.3) is 169 Å². The summed E-state index contributed by atoms with van der Waals surface area (Å²) in [6, 6.07) is 114. The maximum atomic E-state index is 3.76. The van der Waals surface area contributed by atoms with Crippen LogP contribution in [0.4, 0.5) is 0 Å². The van der Waals surface area contributed by atoms with Crippen molar-refractivity contribution in [3.05, 3.63) is 320 Å². The molecule has 0 amide bonds. The first kappa shape index (κ1) is 56.7. The van der Waals surface area contributed by atoms with Gasteiger partial charge < -0.3 is 18.7 Å². The van der Waals surface area contributed by atoms with Crippen molar-refractivity contribution >= 4 is 168 Å². The standard InChI is InChI=1S/C42H26N2.C24H15N.C18H12BrN.C5H12/c1-2-12-30-27(11-1)21-26-37-40-35-17-5-3-13-31(35)32-14-4-6-18-36(32)42(40)44(41(30)37)29-24-22-28(23-25-29)43-38-19-9-7-15-33(38)34-16-8-10-20-39(34)43;1-2-8-16-15(7-1)13-14-21-22-19-11-5-3-9-17(19)18-10-4-6-12-20(18)24(22)25-23(16)21;19-13-9-11-14(12-10-13)20-17-7-3-1-5-15(17)16-6-2-4-8-18(16)20;1-3-5-4-2/h1-26H;1-14,25H;1-12H;3-5H2,1-2H3. The molecule has 16 aromatic carbocycles. The van der Waals surface area contributed by atoms with E-state index < -0.39 is 0 Å². The molecule has 0 saturated carbocycles. The second kappa shape index (κ2) is 23.8. The first-order valence-electron chi connectivity index (χ1n) is 32.9. The number of aromatic amines is 1. The first-order valence-corrected chi connectivity index (χ1v) is 33.6. The number of hydrogen-bond acceptors (Lipinski definition) is 0. The van der Waals surface area contributed by atoms with Gasteiger partial charge in [0, 0.05) is 86.2 Å². The van der Waals surface area contributed by atoms with Gasteiger partial charge in [-0.15, -0.1) is 0 Å². The number of H-pyrrole nitrogens is 1. The lowest BCUT2D eigenvalue weighted by atomic mass is 9.96. The van der Waals surface area contributed by atoms with E-state index in [1.165, 1.54) is 177 Å². The second-order valence-corrected chi connectivity index (χ2v) is 25.5. The number of nitrogens with zero attached hydrogens (tertiary/aromatic N) is 3. The van der Waals surface area contributed by atoms with E-state index in [0.29, 0.717) is 0 Å². The third-order valence-corrected chi connectivity index (χ3v) is 19.8. The average Bonchev–Trinajstić information content (AvgIpc) is 1.53. The van der Waals surface area contributed by atoms with Gasteiger partial charge in [-0.1, -0.05) is 292 Å². The van der Waals surface area contributed by atoms with E-state index in [2.05, 4.69) is 364 Å². The molecular weight excluding hydrogens is 1200 g/mol. The van der Waals surface area contributed by atoms with E-state index in [4.69, 9.17) is 0 Å². The Bertz CT molecular complexity index is 6190. The number of unbranched alkanes of at least 4 members (excludes halogenated alkanes) is 2. The molecule has 1 N–H and O–H groups in total. The van der Waals surface area contributed by atoms with Crippen LogP contribution in [-0.2, 0) is 0 Å². The Morgan fingerprint density at radius 3 is 1.06 bits per heavy atom. The molecule has 0 radical (unpaired) electrons. The fraction of sp³-hybridized carbons (Fsp3) is 0.0562. The number of benzene rings is 16. The molecule has 20 aromatic rings. The number of aromatic nitrogens is 4. The number of para-hydroxylation sites is 4. The predicted octanol–water partition coefficient (Wildman–Crippen LogP) is 25.9. The lowest BCUT2D eigenvalue weighted by Crippen LogP contribution is -1.98. The minimum Gasteiger partial charge on any atom is -0.353 e. The van der Waals surface area contributed by atoms with Crippen molar-refractivity contribution in [2.45, 2.75) is 33.1 Å². The van der Waals surface area contributed by atoms with Gasteiger partial charge in [-0.2, -0.15) is 0 Å². The number of halogens is 1. The number of rotatable bonds is 5. The van der Waals surface area contributed by atoms with Gasteiger partial charge in [-0.05, 0) is 116 Å². The van der Waals surface area contributed by atoms with Crippen LogP contribution in [0.2, 0.25) is 0 Å². The maximum absolute atomic E-state index is 3.76. The normalized spacial score (nSPS) is 11.7. The van der Waals surface area contributed by atoms with Crippen molar-refractivity contribution in [1.29, 1.82) is 0 Å². The summed E-state index contributed by atoms with van der Waals surface area (Å²) in [6.45, 7) is 4.42. The zero-order chi connectivity index (χ0) is 62.8. The van der Waals surface area contributed by atoms with E-state index in [0.717, 1.165) is 15.8 Å². The van der Waals surface area contributed by atoms with Gasteiger partial charge in [-0.25, -0.2) is 0 Å². The fourth-order valence-corrected chi connectivity index (χ4v) is 15.3. The molecule has 4 heterocycles. The Morgan fingerprint density at radius 1 is 0.245 bits per heavy atom. The molecule has 4 aromatic heterocycles. The van der Waals surface area contributed by atoms with Crippen LogP contribution in [-0.4, -0.2) is 18.7 Å². The molecule has 0 spiro atoms. The minimum absolute atomic E-state index is 1.10. The Balaban J connectivity index is 0.000000113. The highest BCUT2D eigenvalue weighted by Gasteiger charge is 2.22. The molecule has 0 aliphatic heterocycles. The highest BCUT2D eigenvalue weighted by atomic mass is 79.9. The van der Waals surface area contributed by atoms with Crippen LogP contribution >= 0.6 is 15.9 Å². The summed E-state index contributed by atoms with van der Waals surface area (Å²) in [5, 5.41) is 25.8. The Labute approximate surface area is 552 Å². The van der Waals surface area contributed by atoms with Gasteiger partial charge in [0.25, 0.3) is 0 Å². The summed E-state index contributed by atoms with van der Waals surface area (Å²) in [5.41, 5.74) is 13.4. The van der Waals surface area contributed by atoms with Crippen molar-refractivity contribution in [3.8, 4) is 17.1 Å².